The van der Waals surface area contributed by atoms with Gasteiger partial charge >= 0.3 is 0 Å². The highest BCUT2D eigenvalue weighted by atomic mass is 35.5. The van der Waals surface area contributed by atoms with E-state index in [-0.39, 0.29) is 47.6 Å². The minimum absolute atomic E-state index is 0. The van der Waals surface area contributed by atoms with Crippen molar-refractivity contribution in [1.82, 2.24) is 25.1 Å². The lowest BCUT2D eigenvalue weighted by Crippen LogP contribution is -2.40. The highest BCUT2D eigenvalue weighted by Crippen LogP contribution is 2.41. The highest BCUT2D eigenvalue weighted by molar-refractivity contribution is 5.88. The molecule has 12 heteroatoms. The van der Waals surface area contributed by atoms with E-state index in [0.717, 1.165) is 24.2 Å². The number of nitriles is 1. The average Bonchev–Trinajstić information content (AvgIpc) is 3.08. The van der Waals surface area contributed by atoms with Crippen LogP contribution in [0.3, 0.4) is 0 Å². The van der Waals surface area contributed by atoms with E-state index in [1.165, 1.54) is 11.0 Å². The topological polar surface area (TPSA) is 115 Å². The molecule has 4 rings (SSSR count). The Balaban J connectivity index is 0.00000181. The van der Waals surface area contributed by atoms with Crippen molar-refractivity contribution in [2.24, 2.45) is 0 Å². The fourth-order valence-corrected chi connectivity index (χ4v) is 4.02. The highest BCUT2D eigenvalue weighted by Gasteiger charge is 2.31. The molecule has 1 atom stereocenters. The van der Waals surface area contributed by atoms with E-state index in [1.54, 1.807) is 20.1 Å². The zero-order valence-electron chi connectivity index (χ0n) is 17.6. The summed E-state index contributed by atoms with van der Waals surface area (Å²) in [5.74, 6) is 0.793. The number of hydrogen-bond donors (Lipinski definition) is 2. The van der Waals surface area contributed by atoms with Crippen LogP contribution in [0.5, 0.6) is 5.75 Å². The summed E-state index contributed by atoms with van der Waals surface area (Å²) in [5, 5.41) is 17.1. The molecule has 3 aromatic rings. The van der Waals surface area contributed by atoms with Gasteiger partial charge in [0, 0.05) is 30.1 Å². The monoisotopic (exact) mass is 485 g/mol. The Hall–Kier alpha value is -2.74. The van der Waals surface area contributed by atoms with E-state index >= 15 is 0 Å². The summed E-state index contributed by atoms with van der Waals surface area (Å²) >= 11 is 0. The third-order valence-electron chi connectivity index (χ3n) is 5.70. The molecule has 0 aliphatic carbocycles. The lowest BCUT2D eigenvalue weighted by molar-refractivity contribution is 0.146. The molecule has 0 saturated carbocycles. The normalized spacial score (nSPS) is 14.3. The Bertz CT molecular complexity index is 1180. The maximum atomic E-state index is 13.6. The Kier molecular flexibility index (Phi) is 7.83. The number of fused-ring (bicyclic) bond motifs is 1. The fourth-order valence-electron chi connectivity index (χ4n) is 4.02. The van der Waals surface area contributed by atoms with E-state index in [9.17, 15) is 14.0 Å². The van der Waals surface area contributed by atoms with Gasteiger partial charge in [-0.3, -0.25) is 0 Å². The van der Waals surface area contributed by atoms with Gasteiger partial charge in [-0.1, -0.05) is 0 Å². The number of ether oxygens (including phenoxy) is 1. The second kappa shape index (κ2) is 9.81. The van der Waals surface area contributed by atoms with Gasteiger partial charge in [-0.25, -0.2) is 23.4 Å². The number of benzene rings is 1. The van der Waals surface area contributed by atoms with Crippen LogP contribution in [-0.2, 0) is 0 Å². The third-order valence-corrected chi connectivity index (χ3v) is 5.70. The van der Waals surface area contributed by atoms with Crippen molar-refractivity contribution in [2.75, 3.05) is 25.9 Å². The zero-order chi connectivity index (χ0) is 21.6. The second-order valence-corrected chi connectivity index (χ2v) is 7.32. The van der Waals surface area contributed by atoms with E-state index in [1.807, 2.05) is 6.92 Å². The average molecular weight is 486 g/mol. The van der Waals surface area contributed by atoms with Crippen LogP contribution in [0.25, 0.3) is 11.0 Å². The Morgan fingerprint density at radius 1 is 1.31 bits per heavy atom. The zero-order valence-corrected chi connectivity index (χ0v) is 19.2. The molecule has 1 aromatic carbocycles. The van der Waals surface area contributed by atoms with Crippen LogP contribution in [0, 0.1) is 18.3 Å². The predicted molar refractivity (Wildman–Crippen MR) is 121 cm³/mol. The Labute approximate surface area is 196 Å². The fraction of sp³-hybridized carbons (Fsp3) is 0.400. The Morgan fingerprint density at radius 3 is 2.53 bits per heavy atom. The van der Waals surface area contributed by atoms with Crippen molar-refractivity contribution in [2.45, 2.75) is 32.2 Å². The van der Waals surface area contributed by atoms with Crippen molar-refractivity contribution >= 4 is 41.7 Å². The maximum absolute atomic E-state index is 13.6. The largest absolute Gasteiger partial charge is 0.496 e. The summed E-state index contributed by atoms with van der Waals surface area (Å²) in [6.07, 6.45) is -1.61. The molecule has 1 aliphatic rings. The lowest BCUT2D eigenvalue weighted by Gasteiger charge is -2.32. The number of methoxy groups -OCH3 is 1. The van der Waals surface area contributed by atoms with Crippen molar-refractivity contribution in [3.8, 4) is 11.8 Å². The van der Waals surface area contributed by atoms with Gasteiger partial charge in [0.1, 0.15) is 23.6 Å². The smallest absolute Gasteiger partial charge is 0.282 e. The number of nitrogens with one attached hydrogen (secondary N) is 1. The number of nitrogens with two attached hydrogens (primary N) is 1. The van der Waals surface area contributed by atoms with Gasteiger partial charge in [0.05, 0.1) is 30.2 Å². The van der Waals surface area contributed by atoms with Crippen LogP contribution in [0.4, 0.5) is 14.6 Å². The molecular formula is C20H23Cl2F2N7O. The number of rotatable bonds is 5. The molecule has 3 N–H and O–H groups in total. The van der Waals surface area contributed by atoms with Gasteiger partial charge in [0.25, 0.3) is 6.43 Å². The first-order valence-electron chi connectivity index (χ1n) is 9.47. The summed E-state index contributed by atoms with van der Waals surface area (Å²) in [6.45, 7) is 5.26. The van der Waals surface area contributed by atoms with E-state index in [2.05, 4.69) is 26.5 Å². The van der Waals surface area contributed by atoms with Crippen LogP contribution in [0.2, 0.25) is 0 Å². The van der Waals surface area contributed by atoms with Crippen molar-refractivity contribution in [3.05, 3.63) is 40.3 Å². The molecule has 0 bridgehead atoms. The molecule has 8 nitrogen and oxygen atoms in total. The summed E-state index contributed by atoms with van der Waals surface area (Å²) < 4.78 is 34.4. The van der Waals surface area contributed by atoms with Gasteiger partial charge < -0.3 is 15.8 Å². The van der Waals surface area contributed by atoms with Crippen LogP contribution < -0.4 is 15.8 Å². The quantitative estimate of drug-likeness (QED) is 0.566. The molecule has 32 heavy (non-hydrogen) atoms. The summed E-state index contributed by atoms with van der Waals surface area (Å²) in [5.41, 5.74) is 8.59. The molecule has 2 aromatic heterocycles. The van der Waals surface area contributed by atoms with Gasteiger partial charge in [-0.05, 0) is 25.5 Å². The van der Waals surface area contributed by atoms with E-state index in [0.29, 0.717) is 16.9 Å². The Morgan fingerprint density at radius 2 is 2.00 bits per heavy atom. The van der Waals surface area contributed by atoms with Crippen molar-refractivity contribution < 1.29 is 13.5 Å². The number of halogens is 4. The molecule has 1 saturated heterocycles. The SMILES string of the molecule is COc1c(C(C)n2nc(C(F)F)c3c(N)ncnc32)cc(C#N)c(C)c1C1CNC1.Cl.Cl. The van der Waals surface area contributed by atoms with E-state index in [4.69, 9.17) is 10.5 Å². The van der Waals surface area contributed by atoms with Crippen molar-refractivity contribution in [3.63, 3.8) is 0 Å². The third kappa shape index (κ3) is 3.92. The first kappa shape index (κ1) is 25.5. The molecule has 1 unspecified atom stereocenters. The minimum Gasteiger partial charge on any atom is -0.496 e. The lowest BCUT2D eigenvalue weighted by atomic mass is 9.84. The molecule has 1 aliphatic heterocycles. The number of alkyl halides is 2. The van der Waals surface area contributed by atoms with Crippen LogP contribution in [-0.4, -0.2) is 39.9 Å². The molecular weight excluding hydrogens is 463 g/mol. The van der Waals surface area contributed by atoms with E-state index < -0.39 is 18.2 Å². The number of nitrogens with zero attached hydrogens (tertiary/aromatic N) is 5. The van der Waals surface area contributed by atoms with Crippen LogP contribution in [0.1, 0.15) is 53.3 Å². The summed E-state index contributed by atoms with van der Waals surface area (Å²) in [4.78, 5) is 7.98. The molecule has 3 heterocycles. The number of aromatic nitrogens is 4. The minimum atomic E-state index is -2.83. The van der Waals surface area contributed by atoms with Gasteiger partial charge in [0.15, 0.2) is 5.65 Å². The maximum Gasteiger partial charge on any atom is 0.282 e. The summed E-state index contributed by atoms with van der Waals surface area (Å²) in [7, 11) is 1.57. The number of hydrogen-bond acceptors (Lipinski definition) is 7. The first-order chi connectivity index (χ1) is 14.4. The number of anilines is 1. The predicted octanol–water partition coefficient (Wildman–Crippen LogP) is 3.67. The molecule has 0 spiro atoms. The molecule has 172 valence electrons. The van der Waals surface area contributed by atoms with Gasteiger partial charge in [-0.15, -0.1) is 24.8 Å². The first-order valence-corrected chi connectivity index (χ1v) is 9.47. The standard InChI is InChI=1S/C20H21F2N7O.2ClH/c1-9-11(5-23)4-13(17(30-3)14(9)12-6-25-7-12)10(2)29-20-15(16(28-29)18(21)22)19(24)26-8-27-20;;/h4,8,10,12,18,25H,6-7H2,1-3H3,(H2,24,26,27);2*1H. The molecule has 0 amide bonds. The van der Waals surface area contributed by atoms with Crippen LogP contribution >= 0.6 is 24.8 Å². The van der Waals surface area contributed by atoms with Crippen LogP contribution in [0.15, 0.2) is 12.4 Å². The number of nitrogen functional groups attached to an aromatic ring is 1. The second-order valence-electron chi connectivity index (χ2n) is 7.32. The summed E-state index contributed by atoms with van der Waals surface area (Å²) in [6, 6.07) is 3.43. The van der Waals surface area contributed by atoms with Gasteiger partial charge in [0.2, 0.25) is 0 Å². The molecule has 0 radical (unpaired) electrons. The van der Waals surface area contributed by atoms with Gasteiger partial charge in [-0.2, -0.15) is 10.4 Å². The van der Waals surface area contributed by atoms with Crippen molar-refractivity contribution in [1.29, 1.82) is 5.26 Å². The molecule has 1 fully saturated rings.